The highest BCUT2D eigenvalue weighted by atomic mass is 35.5. The van der Waals surface area contributed by atoms with E-state index in [1.807, 2.05) is 25.1 Å². The molecule has 1 heterocycles. The van der Waals surface area contributed by atoms with Gasteiger partial charge in [0.1, 0.15) is 5.82 Å². The lowest BCUT2D eigenvalue weighted by Gasteiger charge is -2.50. The van der Waals surface area contributed by atoms with Gasteiger partial charge in [0.25, 0.3) is 0 Å². The van der Waals surface area contributed by atoms with Gasteiger partial charge in [-0.2, -0.15) is 0 Å². The van der Waals surface area contributed by atoms with Crippen molar-refractivity contribution >= 4 is 29.0 Å². The summed E-state index contributed by atoms with van der Waals surface area (Å²) in [4.78, 5) is 16.8. The quantitative estimate of drug-likeness (QED) is 0.367. The summed E-state index contributed by atoms with van der Waals surface area (Å²) < 4.78 is 0. The van der Waals surface area contributed by atoms with Gasteiger partial charge in [-0.3, -0.25) is 4.79 Å². The zero-order valence-electron chi connectivity index (χ0n) is 20.1. The third-order valence-corrected chi connectivity index (χ3v) is 9.08. The minimum atomic E-state index is -0.0434. The van der Waals surface area contributed by atoms with Crippen LogP contribution in [-0.4, -0.2) is 21.8 Å². The van der Waals surface area contributed by atoms with E-state index in [-0.39, 0.29) is 11.3 Å². The number of nitrogens with one attached hydrogen (secondary N) is 1. The van der Waals surface area contributed by atoms with Gasteiger partial charge in [-0.15, -0.1) is 0 Å². The van der Waals surface area contributed by atoms with Crippen LogP contribution in [0.4, 0.5) is 5.82 Å². The van der Waals surface area contributed by atoms with Gasteiger partial charge < -0.3 is 10.5 Å². The normalized spacial score (nSPS) is 31.0. The van der Waals surface area contributed by atoms with Crippen molar-refractivity contribution in [3.8, 4) is 0 Å². The zero-order chi connectivity index (χ0) is 23.9. The third-order valence-electron chi connectivity index (χ3n) is 8.85. The Balaban J connectivity index is 1.29. The van der Waals surface area contributed by atoms with E-state index in [9.17, 15) is 10.0 Å². The van der Waals surface area contributed by atoms with Crippen molar-refractivity contribution in [2.24, 2.45) is 28.3 Å². The number of rotatable bonds is 5. The fourth-order valence-electron chi connectivity index (χ4n) is 7.39. The number of oxime groups is 1. The van der Waals surface area contributed by atoms with Crippen LogP contribution in [0.1, 0.15) is 74.5 Å². The molecule has 0 saturated heterocycles. The summed E-state index contributed by atoms with van der Waals surface area (Å²) in [7, 11) is 0. The smallest absolute Gasteiger partial charge is 0.225 e. The number of hydrogen-bond acceptors (Lipinski definition) is 4. The Hall–Kier alpha value is -2.40. The number of carbonyl (C=O) groups is 1. The van der Waals surface area contributed by atoms with E-state index in [1.54, 1.807) is 6.20 Å². The first-order valence-electron chi connectivity index (χ1n) is 12.6. The Labute approximate surface area is 207 Å². The van der Waals surface area contributed by atoms with Crippen molar-refractivity contribution in [2.45, 2.75) is 71.1 Å². The van der Waals surface area contributed by atoms with Crippen molar-refractivity contribution < 1.29 is 10.0 Å². The largest absolute Gasteiger partial charge is 0.411 e. The molecule has 0 bridgehead atoms. The van der Waals surface area contributed by atoms with Crippen LogP contribution in [0, 0.1) is 30.1 Å². The first kappa shape index (κ1) is 23.3. The zero-order valence-corrected chi connectivity index (χ0v) is 20.8. The molecule has 1 aromatic heterocycles. The van der Waals surface area contributed by atoms with E-state index >= 15 is 0 Å². The third kappa shape index (κ3) is 4.24. The first-order chi connectivity index (χ1) is 16.4. The number of fused-ring (bicyclic) bond motifs is 5. The van der Waals surface area contributed by atoms with Gasteiger partial charge in [-0.25, -0.2) is 4.98 Å². The number of aromatic nitrogens is 1. The minimum Gasteiger partial charge on any atom is -0.411 e. The van der Waals surface area contributed by atoms with E-state index in [1.165, 1.54) is 11.1 Å². The molecule has 180 valence electrons. The van der Waals surface area contributed by atoms with Crippen LogP contribution >= 0.6 is 11.6 Å². The van der Waals surface area contributed by atoms with Crippen LogP contribution in [0.5, 0.6) is 0 Å². The summed E-state index contributed by atoms with van der Waals surface area (Å²) in [5.41, 5.74) is 4.88. The van der Waals surface area contributed by atoms with Crippen LogP contribution in [-0.2, 0) is 11.2 Å². The molecule has 2 saturated carbocycles. The molecule has 5 rings (SSSR count). The molecule has 2 fully saturated rings. The van der Waals surface area contributed by atoms with Gasteiger partial charge >= 0.3 is 0 Å². The van der Waals surface area contributed by atoms with Crippen molar-refractivity contribution in [3.05, 3.63) is 58.2 Å². The van der Waals surface area contributed by atoms with Crippen LogP contribution in [0.15, 0.2) is 41.7 Å². The summed E-state index contributed by atoms with van der Waals surface area (Å²) in [6.07, 6.45) is 9.25. The number of pyridine rings is 1. The van der Waals surface area contributed by atoms with Crippen molar-refractivity contribution in [1.29, 1.82) is 0 Å². The number of carbonyl (C=O) groups excluding carboxylic acids is 1. The SMILES string of the molecule is Cc1ccnc(NC(=O)CCC[C@@H]2C/C(=N\O)[C@@]3(C)CCC4c5ccc(Cl)cc5CCC4C23)c1. The van der Waals surface area contributed by atoms with E-state index < -0.39 is 0 Å². The lowest BCUT2D eigenvalue weighted by atomic mass is 9.54. The maximum Gasteiger partial charge on any atom is 0.225 e. The molecule has 34 heavy (non-hydrogen) atoms. The highest BCUT2D eigenvalue weighted by Gasteiger charge is 2.57. The highest BCUT2D eigenvalue weighted by Crippen LogP contribution is 2.62. The standard InChI is InChI=1S/C28H34ClN3O2/c1-17-11-13-30-25(14-17)31-26(33)5-3-4-19-16-24(32-34)28(2)12-10-22-21-9-7-20(29)15-18(21)6-8-23(22)27(19)28/h7,9,11,13-15,19,22-23,27,34H,3-6,8,10,12,16H2,1-2H3,(H,30,31,33)/b32-24+/t19-,22?,23?,27?,28-/m1/s1. The van der Waals surface area contributed by atoms with Crippen molar-refractivity contribution in [1.82, 2.24) is 4.98 Å². The number of amides is 1. The highest BCUT2D eigenvalue weighted by molar-refractivity contribution is 6.30. The molecular weight excluding hydrogens is 446 g/mol. The number of benzene rings is 1. The molecule has 6 heteroatoms. The van der Waals surface area contributed by atoms with Gasteiger partial charge in [-0.1, -0.05) is 29.7 Å². The fourth-order valence-corrected chi connectivity index (χ4v) is 7.58. The van der Waals surface area contributed by atoms with E-state index in [0.717, 1.165) is 61.2 Å². The fraction of sp³-hybridized carbons (Fsp3) is 0.536. The topological polar surface area (TPSA) is 74.6 Å². The molecule has 2 aromatic rings. The predicted molar refractivity (Wildman–Crippen MR) is 136 cm³/mol. The molecule has 1 aromatic carbocycles. The molecule has 5 nitrogen and oxygen atoms in total. The number of halogens is 1. The van der Waals surface area contributed by atoms with E-state index in [4.69, 9.17) is 11.6 Å². The Kier molecular flexibility index (Phi) is 6.41. The molecule has 3 aliphatic rings. The second-order valence-corrected chi connectivity index (χ2v) is 11.2. The lowest BCUT2D eigenvalue weighted by molar-refractivity contribution is -0.116. The first-order valence-corrected chi connectivity index (χ1v) is 13.0. The van der Waals surface area contributed by atoms with Gasteiger partial charge in [0.2, 0.25) is 5.91 Å². The summed E-state index contributed by atoms with van der Waals surface area (Å²) in [6.45, 7) is 4.31. The van der Waals surface area contributed by atoms with Crippen LogP contribution in [0.3, 0.4) is 0 Å². The maximum absolute atomic E-state index is 12.5. The summed E-state index contributed by atoms with van der Waals surface area (Å²) in [5.74, 6) is 2.70. The molecule has 0 radical (unpaired) electrons. The summed E-state index contributed by atoms with van der Waals surface area (Å²) >= 11 is 6.29. The van der Waals surface area contributed by atoms with Crippen LogP contribution in [0.2, 0.25) is 5.02 Å². The summed E-state index contributed by atoms with van der Waals surface area (Å²) in [6, 6.07) is 10.2. The molecule has 0 spiro atoms. The molecule has 5 atom stereocenters. The number of hydrogen-bond donors (Lipinski definition) is 2. The van der Waals surface area contributed by atoms with Gasteiger partial charge in [0, 0.05) is 23.1 Å². The Morgan fingerprint density at radius 1 is 1.29 bits per heavy atom. The predicted octanol–water partition coefficient (Wildman–Crippen LogP) is 6.76. The molecule has 3 unspecified atom stereocenters. The lowest BCUT2D eigenvalue weighted by Crippen LogP contribution is -2.44. The maximum atomic E-state index is 12.5. The summed E-state index contributed by atoms with van der Waals surface area (Å²) in [5, 5.41) is 17.4. The molecule has 0 aliphatic heterocycles. The van der Waals surface area contributed by atoms with E-state index in [2.05, 4.69) is 34.5 Å². The molecule has 3 aliphatic carbocycles. The Morgan fingerprint density at radius 2 is 2.15 bits per heavy atom. The minimum absolute atomic E-state index is 0.0138. The molecule has 2 N–H and O–H groups in total. The van der Waals surface area contributed by atoms with Crippen LogP contribution in [0.25, 0.3) is 0 Å². The van der Waals surface area contributed by atoms with Gasteiger partial charge in [-0.05, 0) is 116 Å². The monoisotopic (exact) mass is 479 g/mol. The number of aryl methyl sites for hydroxylation is 2. The number of anilines is 1. The Morgan fingerprint density at radius 3 is 2.94 bits per heavy atom. The number of nitrogens with zero attached hydrogens (tertiary/aromatic N) is 2. The second-order valence-electron chi connectivity index (χ2n) is 10.8. The Bertz CT molecular complexity index is 1120. The van der Waals surface area contributed by atoms with Crippen molar-refractivity contribution in [3.63, 3.8) is 0 Å². The van der Waals surface area contributed by atoms with Crippen molar-refractivity contribution in [2.75, 3.05) is 5.32 Å². The van der Waals surface area contributed by atoms with Gasteiger partial charge in [0.15, 0.2) is 0 Å². The molecule has 1 amide bonds. The van der Waals surface area contributed by atoms with Gasteiger partial charge in [0.05, 0.1) is 5.71 Å². The average molecular weight is 480 g/mol. The van der Waals surface area contributed by atoms with E-state index in [0.29, 0.717) is 35.9 Å². The second kappa shape index (κ2) is 9.33. The molecular formula is C28H34ClN3O2. The van der Waals surface area contributed by atoms with Crippen LogP contribution < -0.4 is 5.32 Å². The average Bonchev–Trinajstić information content (AvgIpc) is 3.10.